The van der Waals surface area contributed by atoms with E-state index in [2.05, 4.69) is 26.3 Å². The first-order valence-corrected chi connectivity index (χ1v) is 10.3. The zero-order valence-corrected chi connectivity index (χ0v) is 18.1. The number of carbonyl (C=O) groups excluding carboxylic acids is 1. The number of halogens is 2. The number of nitrogens with one attached hydrogen (secondary N) is 1. The fourth-order valence-corrected chi connectivity index (χ4v) is 3.51. The molecule has 2 heterocycles. The predicted molar refractivity (Wildman–Crippen MR) is 118 cm³/mol. The lowest BCUT2D eigenvalue weighted by atomic mass is 10.2. The molecule has 6 nitrogen and oxygen atoms in total. The van der Waals surface area contributed by atoms with Gasteiger partial charge in [0.15, 0.2) is 11.6 Å². The number of furan rings is 1. The number of hydrogen-bond acceptors (Lipinski definition) is 4. The van der Waals surface area contributed by atoms with Gasteiger partial charge in [-0.05, 0) is 35.9 Å². The van der Waals surface area contributed by atoms with Crippen molar-refractivity contribution in [3.63, 3.8) is 0 Å². The molecule has 4 aromatic rings. The lowest BCUT2D eigenvalue weighted by Crippen LogP contribution is -2.12. The Kier molecular flexibility index (Phi) is 6.21. The summed E-state index contributed by atoms with van der Waals surface area (Å²) in [5, 5.41) is 7.59. The number of amides is 1. The SMILES string of the molecule is O=C(Nc1ccn(Cc2ccccc2)n1)c1ccc(COc2ccc(Br)cc2Cl)o1. The maximum Gasteiger partial charge on any atom is 0.292 e. The summed E-state index contributed by atoms with van der Waals surface area (Å²) in [5.74, 6) is 1.28. The Morgan fingerprint density at radius 2 is 1.97 bits per heavy atom. The molecule has 0 radical (unpaired) electrons. The van der Waals surface area contributed by atoms with E-state index >= 15 is 0 Å². The lowest BCUT2D eigenvalue weighted by molar-refractivity contribution is 0.0992. The van der Waals surface area contributed by atoms with Gasteiger partial charge in [-0.2, -0.15) is 5.10 Å². The molecular formula is C22H17BrClN3O3. The highest BCUT2D eigenvalue weighted by Gasteiger charge is 2.14. The van der Waals surface area contributed by atoms with Gasteiger partial charge in [0.05, 0.1) is 11.6 Å². The molecule has 0 aliphatic carbocycles. The van der Waals surface area contributed by atoms with Crippen molar-refractivity contribution in [3.05, 3.63) is 99.5 Å². The number of ether oxygens (including phenoxy) is 1. The van der Waals surface area contributed by atoms with Crippen LogP contribution >= 0.6 is 27.5 Å². The minimum absolute atomic E-state index is 0.153. The van der Waals surface area contributed by atoms with E-state index in [1.54, 1.807) is 35.0 Å². The van der Waals surface area contributed by atoms with Crippen molar-refractivity contribution in [2.24, 2.45) is 0 Å². The van der Waals surface area contributed by atoms with Crippen LogP contribution in [0.4, 0.5) is 5.82 Å². The summed E-state index contributed by atoms with van der Waals surface area (Å²) in [7, 11) is 0. The van der Waals surface area contributed by atoms with Crippen molar-refractivity contribution in [1.29, 1.82) is 0 Å². The molecule has 2 aromatic carbocycles. The molecule has 1 N–H and O–H groups in total. The molecule has 0 saturated heterocycles. The number of nitrogens with zero attached hydrogens (tertiary/aromatic N) is 2. The first-order valence-electron chi connectivity index (χ1n) is 9.12. The van der Waals surface area contributed by atoms with Gasteiger partial charge in [0, 0.05) is 16.7 Å². The third-order valence-corrected chi connectivity index (χ3v) is 5.01. The maximum atomic E-state index is 12.4. The van der Waals surface area contributed by atoms with Gasteiger partial charge in [-0.3, -0.25) is 9.48 Å². The van der Waals surface area contributed by atoms with Crippen LogP contribution in [-0.2, 0) is 13.2 Å². The second-order valence-corrected chi connectivity index (χ2v) is 7.79. The summed E-state index contributed by atoms with van der Waals surface area (Å²) >= 11 is 9.48. The van der Waals surface area contributed by atoms with Crippen LogP contribution in [0.1, 0.15) is 21.9 Å². The third-order valence-electron chi connectivity index (χ3n) is 4.22. The molecule has 1 amide bonds. The smallest absolute Gasteiger partial charge is 0.292 e. The average Bonchev–Trinajstić information content (AvgIpc) is 3.38. The van der Waals surface area contributed by atoms with Crippen LogP contribution in [0, 0.1) is 0 Å². The zero-order valence-electron chi connectivity index (χ0n) is 15.7. The van der Waals surface area contributed by atoms with Crippen LogP contribution in [-0.4, -0.2) is 15.7 Å². The van der Waals surface area contributed by atoms with Crippen LogP contribution in [0.25, 0.3) is 0 Å². The minimum atomic E-state index is -0.382. The Morgan fingerprint density at radius 3 is 2.77 bits per heavy atom. The first kappa shape index (κ1) is 20.3. The molecule has 0 aliphatic heterocycles. The van der Waals surface area contributed by atoms with Gasteiger partial charge in [0.25, 0.3) is 5.91 Å². The van der Waals surface area contributed by atoms with E-state index in [1.807, 2.05) is 42.6 Å². The van der Waals surface area contributed by atoms with Gasteiger partial charge < -0.3 is 14.5 Å². The molecule has 4 rings (SSSR count). The number of hydrogen-bond donors (Lipinski definition) is 1. The molecule has 0 aliphatic rings. The number of benzene rings is 2. The number of anilines is 1. The predicted octanol–water partition coefficient (Wildman–Crippen LogP) is 5.77. The molecule has 30 heavy (non-hydrogen) atoms. The summed E-state index contributed by atoms with van der Waals surface area (Å²) in [6.07, 6.45) is 1.81. The molecule has 152 valence electrons. The van der Waals surface area contributed by atoms with Crippen molar-refractivity contribution >= 4 is 39.3 Å². The summed E-state index contributed by atoms with van der Waals surface area (Å²) < 4.78 is 13.9. The molecular weight excluding hydrogens is 470 g/mol. The highest BCUT2D eigenvalue weighted by molar-refractivity contribution is 9.10. The molecule has 0 unspecified atom stereocenters. The summed E-state index contributed by atoms with van der Waals surface area (Å²) in [4.78, 5) is 12.4. The second-order valence-electron chi connectivity index (χ2n) is 6.47. The molecule has 8 heteroatoms. The van der Waals surface area contributed by atoms with Crippen molar-refractivity contribution in [3.8, 4) is 5.75 Å². The Balaban J connectivity index is 1.34. The molecule has 0 atom stereocenters. The molecule has 2 aromatic heterocycles. The van der Waals surface area contributed by atoms with E-state index in [9.17, 15) is 4.79 Å². The number of aromatic nitrogens is 2. The summed E-state index contributed by atoms with van der Waals surface area (Å²) in [6.45, 7) is 0.776. The van der Waals surface area contributed by atoms with Gasteiger partial charge in [-0.15, -0.1) is 0 Å². The van der Waals surface area contributed by atoms with Gasteiger partial charge >= 0.3 is 0 Å². The molecule has 0 spiro atoms. The largest absolute Gasteiger partial charge is 0.484 e. The normalized spacial score (nSPS) is 10.7. The lowest BCUT2D eigenvalue weighted by Gasteiger charge is -2.06. The quantitative estimate of drug-likeness (QED) is 0.360. The van der Waals surface area contributed by atoms with Crippen LogP contribution < -0.4 is 10.1 Å². The van der Waals surface area contributed by atoms with Gasteiger partial charge in [-0.25, -0.2) is 0 Å². The van der Waals surface area contributed by atoms with Crippen molar-refractivity contribution in [2.75, 3.05) is 5.32 Å². The number of rotatable bonds is 7. The van der Waals surface area contributed by atoms with Crippen molar-refractivity contribution < 1.29 is 13.9 Å². The van der Waals surface area contributed by atoms with Crippen LogP contribution in [0.15, 0.2) is 81.8 Å². The van der Waals surface area contributed by atoms with Crippen molar-refractivity contribution in [1.82, 2.24) is 9.78 Å². The highest BCUT2D eigenvalue weighted by Crippen LogP contribution is 2.28. The molecule has 0 bridgehead atoms. The Morgan fingerprint density at radius 1 is 1.13 bits per heavy atom. The van der Waals surface area contributed by atoms with E-state index in [0.29, 0.717) is 28.9 Å². The van der Waals surface area contributed by atoms with Crippen LogP contribution in [0.5, 0.6) is 5.75 Å². The standard InChI is InChI=1S/C22H17BrClN3O3/c23-16-6-8-19(18(24)12-16)29-14-17-7-9-20(30-17)22(28)25-21-10-11-27(26-21)13-15-4-2-1-3-5-15/h1-12H,13-14H2,(H,25,26,28). The van der Waals surface area contributed by atoms with Crippen LogP contribution in [0.3, 0.4) is 0 Å². The van der Waals surface area contributed by atoms with E-state index in [0.717, 1.165) is 10.0 Å². The average molecular weight is 487 g/mol. The fourth-order valence-electron chi connectivity index (χ4n) is 2.78. The topological polar surface area (TPSA) is 69.3 Å². The van der Waals surface area contributed by atoms with E-state index < -0.39 is 0 Å². The minimum Gasteiger partial charge on any atom is -0.484 e. The monoisotopic (exact) mass is 485 g/mol. The van der Waals surface area contributed by atoms with E-state index in [1.165, 1.54) is 0 Å². The van der Waals surface area contributed by atoms with E-state index in [4.69, 9.17) is 20.8 Å². The van der Waals surface area contributed by atoms with Crippen LogP contribution in [0.2, 0.25) is 5.02 Å². The van der Waals surface area contributed by atoms with Gasteiger partial charge in [0.1, 0.15) is 18.1 Å². The zero-order chi connectivity index (χ0) is 20.9. The second kappa shape index (κ2) is 9.19. The summed E-state index contributed by atoms with van der Waals surface area (Å²) in [5.41, 5.74) is 1.13. The van der Waals surface area contributed by atoms with Crippen molar-refractivity contribution in [2.45, 2.75) is 13.2 Å². The summed E-state index contributed by atoms with van der Waals surface area (Å²) in [6, 6.07) is 20.3. The molecule has 0 fully saturated rings. The van der Waals surface area contributed by atoms with Gasteiger partial charge in [-0.1, -0.05) is 57.9 Å². The maximum absolute atomic E-state index is 12.4. The Labute approximate surface area is 186 Å². The highest BCUT2D eigenvalue weighted by atomic mass is 79.9. The van der Waals surface area contributed by atoms with Gasteiger partial charge in [0.2, 0.25) is 0 Å². The Hall–Kier alpha value is -3.03. The number of carbonyl (C=O) groups is 1. The van der Waals surface area contributed by atoms with E-state index in [-0.39, 0.29) is 18.3 Å². The third kappa shape index (κ3) is 5.11. The fraction of sp³-hybridized carbons (Fsp3) is 0.0909. The first-order chi connectivity index (χ1) is 14.6. The molecule has 0 saturated carbocycles. The Bertz CT molecular complexity index is 1160.